The number of benzene rings is 2. The van der Waals surface area contributed by atoms with Gasteiger partial charge in [-0.2, -0.15) is 0 Å². The summed E-state index contributed by atoms with van der Waals surface area (Å²) >= 11 is 0. The largest absolute Gasteiger partial charge is 0.480 e. The van der Waals surface area contributed by atoms with Crippen LogP contribution in [0.3, 0.4) is 0 Å². The second-order valence-corrected chi connectivity index (χ2v) is 6.87. The number of nitrogens with zero attached hydrogens (tertiary/aromatic N) is 1. The van der Waals surface area contributed by atoms with E-state index in [1.54, 1.807) is 0 Å². The molecule has 1 aliphatic carbocycles. The minimum atomic E-state index is -3.22. The number of carboxylic acids is 1. The van der Waals surface area contributed by atoms with Crippen molar-refractivity contribution in [3.05, 3.63) is 59.2 Å². The molecule has 1 aliphatic heterocycles. The number of alkyl halides is 2. The lowest BCUT2D eigenvalue weighted by Gasteiger charge is -2.20. The highest BCUT2D eigenvalue weighted by Crippen LogP contribution is 2.38. The van der Waals surface area contributed by atoms with Crippen molar-refractivity contribution in [2.75, 3.05) is 6.54 Å². The molecule has 1 fully saturated rings. The third-order valence-corrected chi connectivity index (χ3v) is 5.09. The normalized spacial score (nSPS) is 19.5. The van der Waals surface area contributed by atoms with Crippen LogP contribution in [0.5, 0.6) is 0 Å². The molecule has 0 radical (unpaired) electrons. The van der Waals surface area contributed by atoms with Crippen LogP contribution < -0.4 is 0 Å². The summed E-state index contributed by atoms with van der Waals surface area (Å²) in [4.78, 5) is 24.0. The predicted molar refractivity (Wildman–Crippen MR) is 92.6 cm³/mol. The Hall–Kier alpha value is -2.96. The number of likely N-dealkylation sites (tertiary alicyclic amines) is 1. The molecule has 1 saturated heterocycles. The molecule has 4 rings (SSSR count). The third kappa shape index (κ3) is 3.13. The molecule has 140 valence electrons. The molecule has 1 heterocycles. The van der Waals surface area contributed by atoms with Crippen LogP contribution in [0.2, 0.25) is 0 Å². The molecule has 5 nitrogen and oxygen atoms in total. The van der Waals surface area contributed by atoms with Crippen molar-refractivity contribution in [2.24, 2.45) is 0 Å². The second kappa shape index (κ2) is 6.33. The van der Waals surface area contributed by atoms with Gasteiger partial charge < -0.3 is 9.84 Å². The minimum absolute atomic E-state index is 0.0929. The van der Waals surface area contributed by atoms with Crippen molar-refractivity contribution in [3.63, 3.8) is 0 Å². The number of carbonyl (C=O) groups excluding carboxylic acids is 1. The molecule has 0 aromatic heterocycles. The van der Waals surface area contributed by atoms with Crippen LogP contribution in [0.1, 0.15) is 23.1 Å². The van der Waals surface area contributed by atoms with Gasteiger partial charge in [-0.1, -0.05) is 42.5 Å². The molecule has 0 bridgehead atoms. The van der Waals surface area contributed by atoms with Gasteiger partial charge >= 0.3 is 12.1 Å². The SMILES string of the molecule is O=C(O)[C@@H]1CC(F)(F)CN1C(=O)OCc1cccc2c1Cc1ccccc1-2. The Balaban J connectivity index is 1.50. The lowest BCUT2D eigenvalue weighted by atomic mass is 10.0. The summed E-state index contributed by atoms with van der Waals surface area (Å²) in [5, 5.41) is 9.09. The maximum absolute atomic E-state index is 13.5. The van der Waals surface area contributed by atoms with Gasteiger partial charge in [0.15, 0.2) is 0 Å². The first-order valence-corrected chi connectivity index (χ1v) is 8.59. The fourth-order valence-electron chi connectivity index (χ4n) is 3.81. The van der Waals surface area contributed by atoms with Gasteiger partial charge in [0.1, 0.15) is 12.6 Å². The van der Waals surface area contributed by atoms with Gasteiger partial charge in [-0.05, 0) is 34.2 Å². The van der Waals surface area contributed by atoms with E-state index in [4.69, 9.17) is 9.84 Å². The summed E-state index contributed by atoms with van der Waals surface area (Å²) in [6.45, 7) is -1.04. The number of aliphatic carboxylic acids is 1. The maximum Gasteiger partial charge on any atom is 0.411 e. The Morgan fingerprint density at radius 1 is 1.15 bits per heavy atom. The fraction of sp³-hybridized carbons (Fsp3) is 0.300. The van der Waals surface area contributed by atoms with Crippen LogP contribution in [0, 0.1) is 0 Å². The molecular formula is C20H17F2NO4. The highest BCUT2D eigenvalue weighted by Gasteiger charge is 2.50. The molecule has 2 aliphatic rings. The Labute approximate surface area is 154 Å². The van der Waals surface area contributed by atoms with Gasteiger partial charge in [-0.15, -0.1) is 0 Å². The van der Waals surface area contributed by atoms with Gasteiger partial charge in [0.05, 0.1) is 6.54 Å². The van der Waals surface area contributed by atoms with Crippen molar-refractivity contribution >= 4 is 12.1 Å². The molecule has 1 N–H and O–H groups in total. The average Bonchev–Trinajstić information content (AvgIpc) is 3.17. The molecular weight excluding hydrogens is 356 g/mol. The van der Waals surface area contributed by atoms with Crippen molar-refractivity contribution in [1.82, 2.24) is 4.90 Å². The fourth-order valence-corrected chi connectivity index (χ4v) is 3.81. The van der Waals surface area contributed by atoms with E-state index in [0.717, 1.165) is 22.3 Å². The topological polar surface area (TPSA) is 66.8 Å². The number of ether oxygens (including phenoxy) is 1. The zero-order valence-corrected chi connectivity index (χ0v) is 14.3. The van der Waals surface area contributed by atoms with E-state index in [-0.39, 0.29) is 6.61 Å². The average molecular weight is 373 g/mol. The molecule has 7 heteroatoms. The zero-order valence-electron chi connectivity index (χ0n) is 14.3. The number of fused-ring (bicyclic) bond motifs is 3. The van der Waals surface area contributed by atoms with Crippen LogP contribution in [-0.2, 0) is 22.6 Å². The van der Waals surface area contributed by atoms with Crippen molar-refractivity contribution in [1.29, 1.82) is 0 Å². The molecule has 1 atom stereocenters. The van der Waals surface area contributed by atoms with E-state index in [0.29, 0.717) is 11.3 Å². The van der Waals surface area contributed by atoms with Gasteiger partial charge in [0.2, 0.25) is 0 Å². The van der Waals surface area contributed by atoms with E-state index in [1.807, 2.05) is 42.5 Å². The molecule has 1 amide bonds. The van der Waals surface area contributed by atoms with Crippen LogP contribution in [0.4, 0.5) is 13.6 Å². The van der Waals surface area contributed by atoms with Gasteiger partial charge in [0, 0.05) is 6.42 Å². The Kier molecular flexibility index (Phi) is 4.09. The predicted octanol–water partition coefficient (Wildman–Crippen LogP) is 3.69. The molecule has 2 aromatic carbocycles. The summed E-state index contributed by atoms with van der Waals surface area (Å²) in [5.41, 5.74) is 5.19. The van der Waals surface area contributed by atoms with Crippen LogP contribution >= 0.6 is 0 Å². The van der Waals surface area contributed by atoms with Crippen molar-refractivity contribution < 1.29 is 28.2 Å². The highest BCUT2D eigenvalue weighted by molar-refractivity contribution is 5.81. The van der Waals surface area contributed by atoms with Crippen LogP contribution in [0.15, 0.2) is 42.5 Å². The first kappa shape index (κ1) is 17.5. The summed E-state index contributed by atoms with van der Waals surface area (Å²) in [6, 6.07) is 12.1. The number of carbonyl (C=O) groups is 2. The number of rotatable bonds is 3. The number of halogens is 2. The highest BCUT2D eigenvalue weighted by atomic mass is 19.3. The minimum Gasteiger partial charge on any atom is -0.480 e. The summed E-state index contributed by atoms with van der Waals surface area (Å²) < 4.78 is 32.3. The van der Waals surface area contributed by atoms with Gasteiger partial charge in [0.25, 0.3) is 5.92 Å². The maximum atomic E-state index is 13.5. The Morgan fingerprint density at radius 2 is 1.89 bits per heavy atom. The zero-order chi connectivity index (χ0) is 19.2. The molecule has 27 heavy (non-hydrogen) atoms. The number of carboxylic acid groups (broad SMARTS) is 1. The smallest absolute Gasteiger partial charge is 0.411 e. The van der Waals surface area contributed by atoms with E-state index in [2.05, 4.69) is 0 Å². The van der Waals surface area contributed by atoms with Gasteiger partial charge in [-0.25, -0.2) is 18.4 Å². The van der Waals surface area contributed by atoms with Crippen LogP contribution in [0.25, 0.3) is 11.1 Å². The summed E-state index contributed by atoms with van der Waals surface area (Å²) in [6.07, 6.45) is -1.22. The Morgan fingerprint density at radius 3 is 2.67 bits per heavy atom. The molecule has 2 aromatic rings. The molecule has 0 spiro atoms. The number of hydrogen-bond acceptors (Lipinski definition) is 3. The summed E-state index contributed by atoms with van der Waals surface area (Å²) in [7, 11) is 0. The molecule has 0 unspecified atom stereocenters. The van der Waals surface area contributed by atoms with Crippen molar-refractivity contribution in [3.8, 4) is 11.1 Å². The van der Waals surface area contributed by atoms with E-state index >= 15 is 0 Å². The quantitative estimate of drug-likeness (QED) is 0.760. The van der Waals surface area contributed by atoms with Crippen molar-refractivity contribution in [2.45, 2.75) is 31.4 Å². The summed E-state index contributed by atoms with van der Waals surface area (Å²) in [5.74, 6) is -4.68. The number of hydrogen-bond donors (Lipinski definition) is 1. The van der Waals surface area contributed by atoms with Gasteiger partial charge in [-0.3, -0.25) is 4.90 Å². The monoisotopic (exact) mass is 373 g/mol. The van der Waals surface area contributed by atoms with E-state index in [1.165, 1.54) is 5.56 Å². The van der Waals surface area contributed by atoms with E-state index in [9.17, 15) is 18.4 Å². The lowest BCUT2D eigenvalue weighted by molar-refractivity contribution is -0.142. The second-order valence-electron chi connectivity index (χ2n) is 6.87. The first-order valence-electron chi connectivity index (χ1n) is 8.59. The standard InChI is InChI=1S/C20H17F2NO4/c21-20(22)9-17(18(24)25)23(11-20)19(26)27-10-13-5-3-7-15-14-6-2-1-4-12(14)8-16(13)15/h1-7,17H,8-11H2,(H,24,25)/t17-/m0/s1. The Bertz CT molecular complexity index is 928. The van der Waals surface area contributed by atoms with Crippen LogP contribution in [-0.4, -0.2) is 40.6 Å². The molecule has 0 saturated carbocycles. The first-order chi connectivity index (χ1) is 12.9. The lowest BCUT2D eigenvalue weighted by Crippen LogP contribution is -2.41. The number of amides is 1. The third-order valence-electron chi connectivity index (χ3n) is 5.09. The van der Waals surface area contributed by atoms with E-state index < -0.39 is 37.0 Å².